The van der Waals surface area contributed by atoms with Crippen LogP contribution in [0, 0.1) is 0 Å². The van der Waals surface area contributed by atoms with E-state index >= 15 is 0 Å². The van der Waals surface area contributed by atoms with E-state index in [1.165, 1.54) is 16.8 Å². The maximum atomic E-state index is 12.7. The van der Waals surface area contributed by atoms with Gasteiger partial charge in [0.05, 0.1) is 10.6 Å². The van der Waals surface area contributed by atoms with Crippen LogP contribution in [0.2, 0.25) is 0 Å². The van der Waals surface area contributed by atoms with Crippen molar-refractivity contribution in [3.05, 3.63) is 67.1 Å². The molecule has 4 aromatic rings. The van der Waals surface area contributed by atoms with Crippen LogP contribution < -0.4 is 9.46 Å². The second-order valence-corrected chi connectivity index (χ2v) is 7.68. The summed E-state index contributed by atoms with van der Waals surface area (Å²) in [6, 6.07) is 10.6. The third-order valence-electron chi connectivity index (χ3n) is 3.90. The Balaban J connectivity index is 1.68. The molecule has 154 valence electrons. The minimum Gasteiger partial charge on any atom is -0.406 e. The zero-order valence-electron chi connectivity index (χ0n) is 14.9. The molecule has 12 heteroatoms. The number of ether oxygens (including phenoxy) is 1. The molecule has 3 aromatic heterocycles. The second kappa shape index (κ2) is 7.30. The van der Waals surface area contributed by atoms with Gasteiger partial charge in [-0.25, -0.2) is 13.4 Å². The first-order chi connectivity index (χ1) is 14.2. The van der Waals surface area contributed by atoms with E-state index in [1.54, 1.807) is 30.6 Å². The number of alkyl halides is 3. The largest absolute Gasteiger partial charge is 0.573 e. The van der Waals surface area contributed by atoms with Crippen molar-refractivity contribution in [2.24, 2.45) is 0 Å². The first kappa shape index (κ1) is 19.6. The summed E-state index contributed by atoms with van der Waals surface area (Å²) >= 11 is 0. The highest BCUT2D eigenvalue weighted by Gasteiger charge is 2.31. The van der Waals surface area contributed by atoms with Crippen LogP contribution in [0.15, 0.2) is 72.0 Å². The van der Waals surface area contributed by atoms with Crippen molar-refractivity contribution in [3.63, 3.8) is 0 Å². The Morgan fingerprint density at radius 2 is 1.87 bits per heavy atom. The van der Waals surface area contributed by atoms with Crippen molar-refractivity contribution in [1.29, 1.82) is 0 Å². The Labute approximate surface area is 168 Å². The molecule has 0 aliphatic carbocycles. The molecule has 0 amide bonds. The molecule has 8 nitrogen and oxygen atoms in total. The molecule has 0 aliphatic rings. The second-order valence-electron chi connectivity index (χ2n) is 6.00. The number of rotatable bonds is 5. The van der Waals surface area contributed by atoms with Crippen LogP contribution in [-0.4, -0.2) is 34.4 Å². The van der Waals surface area contributed by atoms with Gasteiger partial charge < -0.3 is 4.74 Å². The van der Waals surface area contributed by atoms with Crippen molar-refractivity contribution < 1.29 is 26.3 Å². The van der Waals surface area contributed by atoms with Crippen molar-refractivity contribution in [2.75, 3.05) is 4.72 Å². The molecule has 0 bridgehead atoms. The minimum absolute atomic E-state index is 0.0530. The van der Waals surface area contributed by atoms with E-state index < -0.39 is 27.0 Å². The molecule has 3 heterocycles. The molecule has 4 rings (SSSR count). The molecule has 0 unspecified atom stereocenters. The zero-order chi connectivity index (χ0) is 21.4. The predicted octanol–water partition coefficient (Wildman–Crippen LogP) is 3.49. The normalized spacial score (nSPS) is 12.1. The van der Waals surface area contributed by atoms with Crippen molar-refractivity contribution >= 4 is 21.5 Å². The van der Waals surface area contributed by atoms with E-state index in [-0.39, 0.29) is 5.82 Å². The quantitative estimate of drug-likeness (QED) is 0.515. The monoisotopic (exact) mass is 435 g/mol. The molecule has 0 spiro atoms. The van der Waals surface area contributed by atoms with E-state index in [0.717, 1.165) is 24.3 Å². The fourth-order valence-electron chi connectivity index (χ4n) is 2.66. The third kappa shape index (κ3) is 4.17. The fourth-order valence-corrected chi connectivity index (χ4v) is 3.74. The standard InChI is InChI=1S/C18H12F3N5O3S/c19-18(20,21)29-13-4-1-5-14(9-13)30(27,28)25-16-6-8-23-17-10-15(24-26(16)17)12-3-2-7-22-11-12/h1-11,25H. The summed E-state index contributed by atoms with van der Waals surface area (Å²) in [5.74, 6) is -0.597. The number of benzene rings is 1. The van der Waals surface area contributed by atoms with Gasteiger partial charge in [-0.05, 0) is 30.3 Å². The highest BCUT2D eigenvalue weighted by molar-refractivity contribution is 7.92. The zero-order valence-corrected chi connectivity index (χ0v) is 15.7. The number of aromatic nitrogens is 4. The number of nitrogens with zero attached hydrogens (tertiary/aromatic N) is 4. The van der Waals surface area contributed by atoms with Crippen LogP contribution in [-0.2, 0) is 10.0 Å². The summed E-state index contributed by atoms with van der Waals surface area (Å²) in [6.07, 6.45) is -0.360. The molecule has 1 N–H and O–H groups in total. The minimum atomic E-state index is -4.94. The number of pyridine rings is 1. The summed E-state index contributed by atoms with van der Waals surface area (Å²) in [5.41, 5.74) is 1.58. The number of sulfonamides is 1. The Morgan fingerprint density at radius 3 is 2.60 bits per heavy atom. The van der Waals surface area contributed by atoms with Gasteiger partial charge in [-0.2, -0.15) is 9.61 Å². The molecule has 0 fully saturated rings. The van der Waals surface area contributed by atoms with E-state index in [9.17, 15) is 21.6 Å². The van der Waals surface area contributed by atoms with Crippen LogP contribution in [0.25, 0.3) is 16.9 Å². The van der Waals surface area contributed by atoms with Gasteiger partial charge in [-0.3, -0.25) is 9.71 Å². The molecule has 0 aliphatic heterocycles. The van der Waals surface area contributed by atoms with Crippen LogP contribution >= 0.6 is 0 Å². The van der Waals surface area contributed by atoms with Gasteiger partial charge in [0, 0.05) is 36.3 Å². The highest BCUT2D eigenvalue weighted by atomic mass is 32.2. The summed E-state index contributed by atoms with van der Waals surface area (Å²) in [4.78, 5) is 7.75. The van der Waals surface area contributed by atoms with E-state index in [4.69, 9.17) is 0 Å². The number of fused-ring (bicyclic) bond motifs is 1. The van der Waals surface area contributed by atoms with Gasteiger partial charge in [0.15, 0.2) is 5.65 Å². The average Bonchev–Trinajstić information content (AvgIpc) is 3.13. The lowest BCUT2D eigenvalue weighted by Crippen LogP contribution is -2.18. The van der Waals surface area contributed by atoms with Crippen LogP contribution in [0.3, 0.4) is 0 Å². The Bertz CT molecular complexity index is 1310. The number of nitrogens with one attached hydrogen (secondary N) is 1. The highest BCUT2D eigenvalue weighted by Crippen LogP contribution is 2.26. The van der Waals surface area contributed by atoms with Gasteiger partial charge in [0.25, 0.3) is 10.0 Å². The molecule has 30 heavy (non-hydrogen) atoms. The lowest BCUT2D eigenvalue weighted by molar-refractivity contribution is -0.274. The maximum absolute atomic E-state index is 12.7. The van der Waals surface area contributed by atoms with Crippen LogP contribution in [0.4, 0.5) is 19.0 Å². The molecule has 0 saturated carbocycles. The van der Waals surface area contributed by atoms with Gasteiger partial charge in [0.1, 0.15) is 11.6 Å². The first-order valence-corrected chi connectivity index (χ1v) is 9.83. The topological polar surface area (TPSA) is 98.5 Å². The Kier molecular flexibility index (Phi) is 4.78. The van der Waals surface area contributed by atoms with Gasteiger partial charge in [0.2, 0.25) is 0 Å². The van der Waals surface area contributed by atoms with Gasteiger partial charge >= 0.3 is 6.36 Å². The lowest BCUT2D eigenvalue weighted by Gasteiger charge is -2.12. The van der Waals surface area contributed by atoms with Crippen molar-refractivity contribution in [3.8, 4) is 17.0 Å². The van der Waals surface area contributed by atoms with E-state index in [2.05, 4.69) is 24.5 Å². The smallest absolute Gasteiger partial charge is 0.406 e. The number of hydrogen-bond acceptors (Lipinski definition) is 6. The number of hydrogen-bond donors (Lipinski definition) is 1. The summed E-state index contributed by atoms with van der Waals surface area (Å²) < 4.78 is 70.1. The fraction of sp³-hybridized carbons (Fsp3) is 0.0556. The number of anilines is 1. The summed E-state index contributed by atoms with van der Waals surface area (Å²) in [5, 5.41) is 4.34. The molecule has 0 radical (unpaired) electrons. The van der Waals surface area contributed by atoms with E-state index in [1.807, 2.05) is 0 Å². The lowest BCUT2D eigenvalue weighted by atomic mass is 10.2. The summed E-state index contributed by atoms with van der Waals surface area (Å²) in [6.45, 7) is 0. The third-order valence-corrected chi connectivity index (χ3v) is 5.26. The first-order valence-electron chi connectivity index (χ1n) is 8.35. The Hall–Kier alpha value is -3.67. The van der Waals surface area contributed by atoms with Gasteiger partial charge in [-0.1, -0.05) is 6.07 Å². The van der Waals surface area contributed by atoms with Crippen LogP contribution in [0.5, 0.6) is 5.75 Å². The number of halogens is 3. The van der Waals surface area contributed by atoms with Crippen molar-refractivity contribution in [1.82, 2.24) is 19.6 Å². The molecule has 1 aromatic carbocycles. The van der Waals surface area contributed by atoms with Gasteiger partial charge in [-0.15, -0.1) is 13.2 Å². The Morgan fingerprint density at radius 1 is 1.03 bits per heavy atom. The molecular formula is C18H12F3N5O3S. The molecular weight excluding hydrogens is 423 g/mol. The SMILES string of the molecule is O=S(=O)(Nc1ccnc2cc(-c3cccnc3)nn12)c1cccc(OC(F)(F)F)c1. The summed E-state index contributed by atoms with van der Waals surface area (Å²) in [7, 11) is -4.24. The van der Waals surface area contributed by atoms with Crippen molar-refractivity contribution in [2.45, 2.75) is 11.3 Å². The maximum Gasteiger partial charge on any atom is 0.573 e. The molecule has 0 saturated heterocycles. The van der Waals surface area contributed by atoms with Crippen LogP contribution in [0.1, 0.15) is 0 Å². The van der Waals surface area contributed by atoms with E-state index in [0.29, 0.717) is 16.9 Å². The average molecular weight is 435 g/mol. The predicted molar refractivity (Wildman–Crippen MR) is 100 cm³/mol. The molecule has 0 atom stereocenters.